The van der Waals surface area contributed by atoms with Crippen molar-refractivity contribution in [2.75, 3.05) is 32.8 Å². The lowest BCUT2D eigenvalue weighted by atomic mass is 10.0. The van der Waals surface area contributed by atoms with E-state index in [9.17, 15) is 9.59 Å². The number of benzene rings is 2. The molecule has 0 atom stereocenters. The molecule has 2 aromatic heterocycles. The third kappa shape index (κ3) is 4.62. The maximum absolute atomic E-state index is 13.5. The number of H-pyrrole nitrogens is 1. The van der Waals surface area contributed by atoms with Crippen LogP contribution in [0, 0.1) is 0 Å². The number of carbonyl (C=O) groups excluding carboxylic acids is 2. The van der Waals surface area contributed by atoms with Gasteiger partial charge in [0.1, 0.15) is 0 Å². The van der Waals surface area contributed by atoms with Gasteiger partial charge < -0.3 is 14.5 Å². The van der Waals surface area contributed by atoms with Crippen LogP contribution in [-0.4, -0.2) is 74.4 Å². The first-order valence-electron chi connectivity index (χ1n) is 12.9. The van der Waals surface area contributed by atoms with Crippen LogP contribution in [0.2, 0.25) is 0 Å². The Morgan fingerprint density at radius 1 is 0.892 bits per heavy atom. The summed E-state index contributed by atoms with van der Waals surface area (Å²) in [4.78, 5) is 30.6. The molecule has 0 radical (unpaired) electrons. The van der Waals surface area contributed by atoms with Crippen molar-refractivity contribution in [3.05, 3.63) is 82.8 Å². The highest BCUT2D eigenvalue weighted by molar-refractivity contribution is 6.04. The summed E-state index contributed by atoms with van der Waals surface area (Å²) in [6, 6.07) is 18.0. The summed E-state index contributed by atoms with van der Waals surface area (Å²) in [5, 5.41) is 12.9. The van der Waals surface area contributed by atoms with Crippen LogP contribution in [-0.2, 0) is 30.7 Å². The molecule has 1 N–H and O–H groups in total. The molecule has 2 amide bonds. The van der Waals surface area contributed by atoms with Crippen molar-refractivity contribution in [3.63, 3.8) is 0 Å². The van der Waals surface area contributed by atoms with Gasteiger partial charge in [-0.25, -0.2) is 0 Å². The quantitative estimate of drug-likeness (QED) is 0.441. The molecule has 1 saturated heterocycles. The number of morpholine rings is 1. The van der Waals surface area contributed by atoms with E-state index in [-0.39, 0.29) is 11.8 Å². The highest BCUT2D eigenvalue weighted by Crippen LogP contribution is 2.27. The van der Waals surface area contributed by atoms with Gasteiger partial charge in [0.25, 0.3) is 11.8 Å². The van der Waals surface area contributed by atoms with Crippen LogP contribution < -0.4 is 0 Å². The Hall–Kier alpha value is -3.98. The van der Waals surface area contributed by atoms with Crippen LogP contribution in [0.4, 0.5) is 0 Å². The number of aromatic nitrogens is 4. The van der Waals surface area contributed by atoms with Gasteiger partial charge in [0.2, 0.25) is 0 Å². The molecule has 9 nitrogen and oxygen atoms in total. The molecule has 2 aliphatic rings. The fraction of sp³-hybridized carbons (Fsp3) is 0.357. The lowest BCUT2D eigenvalue weighted by molar-refractivity contribution is 0.0296. The van der Waals surface area contributed by atoms with Gasteiger partial charge in [0, 0.05) is 49.2 Å². The van der Waals surface area contributed by atoms with Crippen molar-refractivity contribution < 1.29 is 14.3 Å². The summed E-state index contributed by atoms with van der Waals surface area (Å²) in [6.45, 7) is 3.80. The van der Waals surface area contributed by atoms with E-state index in [4.69, 9.17) is 9.84 Å². The molecule has 4 aromatic rings. The van der Waals surface area contributed by atoms with Gasteiger partial charge in [-0.1, -0.05) is 48.5 Å². The minimum Gasteiger partial charge on any atom is -0.378 e. The molecule has 2 aliphatic heterocycles. The van der Waals surface area contributed by atoms with E-state index < -0.39 is 0 Å². The predicted octanol–water partition coefficient (Wildman–Crippen LogP) is 3.06. The smallest absolute Gasteiger partial charge is 0.275 e. The maximum Gasteiger partial charge on any atom is 0.275 e. The molecule has 1 fully saturated rings. The molecule has 9 heteroatoms. The number of rotatable bonds is 6. The molecule has 4 heterocycles. The number of aryl methyl sites for hydroxylation is 2. The van der Waals surface area contributed by atoms with Crippen LogP contribution in [0.5, 0.6) is 0 Å². The topological polar surface area (TPSA) is 96.3 Å². The van der Waals surface area contributed by atoms with Crippen molar-refractivity contribution in [1.29, 1.82) is 0 Å². The number of hydrogen-bond donors (Lipinski definition) is 1. The predicted molar refractivity (Wildman–Crippen MR) is 138 cm³/mol. The summed E-state index contributed by atoms with van der Waals surface area (Å²) in [5.74, 6) is -0.217. The minimum atomic E-state index is -0.135. The second-order valence-electron chi connectivity index (χ2n) is 9.59. The lowest BCUT2D eigenvalue weighted by Crippen LogP contribution is -2.42. The lowest BCUT2D eigenvalue weighted by Gasteiger charge is -2.29. The summed E-state index contributed by atoms with van der Waals surface area (Å²) < 4.78 is 7.44. The maximum atomic E-state index is 13.5. The van der Waals surface area contributed by atoms with Gasteiger partial charge in [-0.05, 0) is 24.5 Å². The molecular weight excluding hydrogens is 468 g/mol. The van der Waals surface area contributed by atoms with E-state index >= 15 is 0 Å². The van der Waals surface area contributed by atoms with E-state index in [0.29, 0.717) is 57.2 Å². The molecule has 0 unspecified atom stereocenters. The number of nitrogens with zero attached hydrogens (tertiary/aromatic N) is 5. The van der Waals surface area contributed by atoms with Gasteiger partial charge in [0.15, 0.2) is 11.4 Å². The van der Waals surface area contributed by atoms with E-state index in [1.807, 2.05) is 39.9 Å². The average molecular weight is 499 g/mol. The minimum absolute atomic E-state index is 0.0825. The standard InChI is InChI=1S/C28H30N6O3/c35-27(25-21-10-4-5-11-23(21)29-30-25)33-14-12-24-22(19-33)26(28(36)32-15-17-37-18-16-32)31-34(24)13-6-9-20-7-2-1-3-8-20/h1-5,7-8,10-11H,6,9,12-19H2,(H,29,30). The zero-order valence-corrected chi connectivity index (χ0v) is 20.7. The largest absolute Gasteiger partial charge is 0.378 e. The van der Waals surface area contributed by atoms with Crippen molar-refractivity contribution in [3.8, 4) is 0 Å². The van der Waals surface area contributed by atoms with Gasteiger partial charge in [-0.15, -0.1) is 0 Å². The first-order valence-corrected chi connectivity index (χ1v) is 12.9. The van der Waals surface area contributed by atoms with Crippen LogP contribution in [0.1, 0.15) is 44.2 Å². The van der Waals surface area contributed by atoms with Crippen molar-refractivity contribution >= 4 is 22.7 Å². The summed E-state index contributed by atoms with van der Waals surface area (Å²) >= 11 is 0. The van der Waals surface area contributed by atoms with Gasteiger partial charge in [-0.3, -0.25) is 19.4 Å². The number of para-hydroxylation sites is 1. The van der Waals surface area contributed by atoms with Gasteiger partial charge in [-0.2, -0.15) is 10.2 Å². The summed E-state index contributed by atoms with van der Waals surface area (Å²) in [5.41, 5.74) is 4.90. The number of fused-ring (bicyclic) bond motifs is 2. The Labute approximate surface area is 215 Å². The number of carbonyl (C=O) groups is 2. The van der Waals surface area contributed by atoms with E-state index in [1.54, 1.807) is 4.90 Å². The highest BCUT2D eigenvalue weighted by Gasteiger charge is 2.33. The zero-order valence-electron chi connectivity index (χ0n) is 20.7. The molecule has 0 aliphatic carbocycles. The summed E-state index contributed by atoms with van der Waals surface area (Å²) in [6.07, 6.45) is 2.52. The third-order valence-electron chi connectivity index (χ3n) is 7.27. The Bertz CT molecular complexity index is 1420. The molecule has 2 aromatic carbocycles. The van der Waals surface area contributed by atoms with E-state index in [1.165, 1.54) is 5.56 Å². The summed E-state index contributed by atoms with van der Waals surface area (Å²) in [7, 11) is 0. The number of nitrogens with one attached hydrogen (secondary N) is 1. The van der Waals surface area contributed by atoms with Crippen molar-refractivity contribution in [2.45, 2.75) is 32.4 Å². The number of aromatic amines is 1. The monoisotopic (exact) mass is 498 g/mol. The average Bonchev–Trinajstić information content (AvgIpc) is 3.55. The first kappa shape index (κ1) is 23.4. The van der Waals surface area contributed by atoms with Gasteiger partial charge in [0.05, 0.1) is 25.3 Å². The van der Waals surface area contributed by atoms with Crippen LogP contribution >= 0.6 is 0 Å². The molecule has 0 saturated carbocycles. The first-order chi connectivity index (χ1) is 18.2. The Balaban J connectivity index is 1.27. The third-order valence-corrected chi connectivity index (χ3v) is 7.27. The normalized spacial score (nSPS) is 15.7. The molecule has 0 bridgehead atoms. The number of ether oxygens (including phenoxy) is 1. The zero-order chi connectivity index (χ0) is 25.2. The second kappa shape index (κ2) is 10.2. The Morgan fingerprint density at radius 3 is 2.49 bits per heavy atom. The van der Waals surface area contributed by atoms with Crippen molar-refractivity contribution in [1.82, 2.24) is 29.8 Å². The molecular formula is C28H30N6O3. The van der Waals surface area contributed by atoms with E-state index in [2.05, 4.69) is 34.5 Å². The number of amides is 2. The van der Waals surface area contributed by atoms with Crippen LogP contribution in [0.25, 0.3) is 10.9 Å². The SMILES string of the molecule is O=C(c1nn(CCCc2ccccc2)c2c1CN(C(=O)c1n[nH]c3ccccc13)CC2)N1CCOCC1. The molecule has 190 valence electrons. The van der Waals surface area contributed by atoms with Crippen LogP contribution in [0.3, 0.4) is 0 Å². The van der Waals surface area contributed by atoms with Crippen LogP contribution in [0.15, 0.2) is 54.6 Å². The Morgan fingerprint density at radius 2 is 1.65 bits per heavy atom. The fourth-order valence-corrected chi connectivity index (χ4v) is 5.29. The highest BCUT2D eigenvalue weighted by atomic mass is 16.5. The van der Waals surface area contributed by atoms with Gasteiger partial charge >= 0.3 is 0 Å². The number of hydrogen-bond acceptors (Lipinski definition) is 5. The second-order valence-corrected chi connectivity index (χ2v) is 9.59. The Kier molecular flexibility index (Phi) is 6.44. The molecule has 37 heavy (non-hydrogen) atoms. The van der Waals surface area contributed by atoms with E-state index in [0.717, 1.165) is 41.5 Å². The molecule has 6 rings (SSSR count). The molecule has 0 spiro atoms. The fourth-order valence-electron chi connectivity index (χ4n) is 5.29. The van der Waals surface area contributed by atoms with Crippen molar-refractivity contribution in [2.24, 2.45) is 0 Å².